The summed E-state index contributed by atoms with van der Waals surface area (Å²) in [6.45, 7) is 4.74. The topological polar surface area (TPSA) is 105 Å². The van der Waals surface area contributed by atoms with Crippen LogP contribution in [0.25, 0.3) is 0 Å². The van der Waals surface area contributed by atoms with E-state index in [1.807, 2.05) is 27.2 Å². The molecule has 0 radical (unpaired) electrons. The number of aliphatic hydroxyl groups is 1. The van der Waals surface area contributed by atoms with Gasteiger partial charge in [0, 0.05) is 6.42 Å². The summed E-state index contributed by atoms with van der Waals surface area (Å²) in [5, 5.41) is 14.0. The summed E-state index contributed by atoms with van der Waals surface area (Å²) in [5.74, 6) is -0.225. The molecule has 0 aromatic heterocycles. The summed E-state index contributed by atoms with van der Waals surface area (Å²) in [4.78, 5) is 23.3. The number of hydrogen-bond donors (Lipinski definition) is 3. The van der Waals surface area contributed by atoms with Crippen LogP contribution in [0.2, 0.25) is 0 Å². The number of rotatable bonds is 56. The van der Waals surface area contributed by atoms with Gasteiger partial charge < -0.3 is 19.8 Å². The Hall–Kier alpha value is -2.06. The van der Waals surface area contributed by atoms with Crippen LogP contribution in [-0.4, -0.2) is 73.4 Å². The second-order valence-corrected chi connectivity index (χ2v) is 23.5. The number of aliphatic hydroxyl groups excluding tert-OH is 1. The molecule has 9 heteroatoms. The molecule has 0 aromatic carbocycles. The number of likely N-dealkylation sites (N-methyl/N-ethyl adjacent to an activating group) is 1. The molecule has 0 spiro atoms. The van der Waals surface area contributed by atoms with Gasteiger partial charge >= 0.3 is 7.82 Å². The van der Waals surface area contributed by atoms with Gasteiger partial charge in [-0.3, -0.25) is 13.8 Å². The number of nitrogens with one attached hydrogen (secondary N) is 1. The van der Waals surface area contributed by atoms with Crippen molar-refractivity contribution >= 4 is 13.7 Å². The van der Waals surface area contributed by atoms with Gasteiger partial charge in [0.2, 0.25) is 5.91 Å². The third kappa shape index (κ3) is 57.5. The predicted octanol–water partition coefficient (Wildman–Crippen LogP) is 19.0. The zero-order valence-corrected chi connectivity index (χ0v) is 49.5. The predicted molar refractivity (Wildman–Crippen MR) is 318 cm³/mol. The third-order valence-electron chi connectivity index (χ3n) is 13.7. The maximum atomic E-state index is 13.0. The highest BCUT2D eigenvalue weighted by atomic mass is 31.2. The first-order chi connectivity index (χ1) is 35.5. The minimum Gasteiger partial charge on any atom is -0.391 e. The van der Waals surface area contributed by atoms with Crippen LogP contribution >= 0.6 is 7.82 Å². The maximum Gasteiger partial charge on any atom is 0.472 e. The molecule has 0 bridgehead atoms. The first kappa shape index (κ1) is 70.9. The first-order valence-electron chi connectivity index (χ1n) is 30.8. The molecule has 0 aromatic rings. The van der Waals surface area contributed by atoms with E-state index >= 15 is 0 Å². The van der Waals surface area contributed by atoms with E-state index in [1.165, 1.54) is 186 Å². The average molecular weight is 1040 g/mol. The Morgan fingerprint density at radius 1 is 0.479 bits per heavy atom. The summed E-state index contributed by atoms with van der Waals surface area (Å²) in [6, 6.07) is -0.807. The highest BCUT2D eigenvalue weighted by molar-refractivity contribution is 7.47. The van der Waals surface area contributed by atoms with E-state index in [1.54, 1.807) is 0 Å². The molecule has 1 amide bonds. The zero-order valence-electron chi connectivity index (χ0n) is 48.6. The van der Waals surface area contributed by atoms with Crippen molar-refractivity contribution in [1.82, 2.24) is 5.32 Å². The van der Waals surface area contributed by atoms with E-state index in [9.17, 15) is 19.4 Å². The molecule has 0 rings (SSSR count). The largest absolute Gasteiger partial charge is 0.472 e. The number of phosphoric ester groups is 1. The van der Waals surface area contributed by atoms with Gasteiger partial charge in [0.05, 0.1) is 39.9 Å². The van der Waals surface area contributed by atoms with Crippen molar-refractivity contribution in [2.24, 2.45) is 0 Å². The van der Waals surface area contributed by atoms with Crippen molar-refractivity contribution in [2.45, 2.75) is 289 Å². The number of amides is 1. The number of allylic oxidation sites excluding steroid dienone is 12. The smallest absolute Gasteiger partial charge is 0.391 e. The second kappa shape index (κ2) is 54.7. The number of carbonyl (C=O) groups excluding carboxylic acids is 1. The molecule has 0 aliphatic carbocycles. The molecular weight excluding hydrogens is 924 g/mol. The fraction of sp³-hybridized carbons (Fsp3) is 0.797. The normalized spacial score (nSPS) is 14.3. The second-order valence-electron chi connectivity index (χ2n) is 22.1. The number of unbranched alkanes of at least 4 members (excludes halogenated alkanes) is 31. The zero-order chi connectivity index (χ0) is 53.5. The lowest BCUT2D eigenvalue weighted by molar-refractivity contribution is -0.870. The molecule has 73 heavy (non-hydrogen) atoms. The Bertz CT molecular complexity index is 1420. The molecular formula is C64H120N2O6P+. The van der Waals surface area contributed by atoms with Crippen LogP contribution in [0.1, 0.15) is 277 Å². The Morgan fingerprint density at radius 2 is 0.795 bits per heavy atom. The molecule has 3 unspecified atom stereocenters. The molecule has 426 valence electrons. The van der Waals surface area contributed by atoms with Crippen LogP contribution in [0, 0.1) is 0 Å². The minimum atomic E-state index is -4.35. The summed E-state index contributed by atoms with van der Waals surface area (Å²) in [7, 11) is 1.57. The SMILES string of the molecule is CC/C=C\C/C=C\C/C=C\C/C=C\C/C=C\C/C=C\CCC(=O)NC(COP(=O)(O)OCC[N+](C)(C)C)C(O)CCCCCCCCCCCCCCCCCCCCCCCCCCCCCCCCCC. The molecule has 0 saturated carbocycles. The lowest BCUT2D eigenvalue weighted by Gasteiger charge is -2.26. The molecule has 0 heterocycles. The van der Waals surface area contributed by atoms with Crippen molar-refractivity contribution in [3.63, 3.8) is 0 Å². The van der Waals surface area contributed by atoms with E-state index in [0.29, 0.717) is 23.9 Å². The van der Waals surface area contributed by atoms with Crippen molar-refractivity contribution in [1.29, 1.82) is 0 Å². The van der Waals surface area contributed by atoms with E-state index < -0.39 is 20.0 Å². The molecule has 3 N–H and O–H groups in total. The number of quaternary nitrogens is 1. The third-order valence-corrected chi connectivity index (χ3v) is 14.7. The first-order valence-corrected chi connectivity index (χ1v) is 32.3. The highest BCUT2D eigenvalue weighted by Gasteiger charge is 2.28. The number of phosphoric acid groups is 1. The molecule has 8 nitrogen and oxygen atoms in total. The van der Waals surface area contributed by atoms with Gasteiger partial charge in [0.25, 0.3) is 0 Å². The summed E-state index contributed by atoms with van der Waals surface area (Å²) < 4.78 is 23.8. The summed E-state index contributed by atoms with van der Waals surface area (Å²) in [6.07, 6.45) is 75.8. The average Bonchev–Trinajstić information content (AvgIpc) is 3.35. The Morgan fingerprint density at radius 3 is 1.12 bits per heavy atom. The van der Waals surface area contributed by atoms with Gasteiger partial charge in [0.15, 0.2) is 0 Å². The van der Waals surface area contributed by atoms with Gasteiger partial charge in [0.1, 0.15) is 13.2 Å². The number of nitrogens with zero attached hydrogens (tertiary/aromatic N) is 1. The van der Waals surface area contributed by atoms with Gasteiger partial charge in [-0.05, 0) is 51.4 Å². The van der Waals surface area contributed by atoms with Crippen LogP contribution in [0.4, 0.5) is 0 Å². The van der Waals surface area contributed by atoms with Crippen molar-refractivity contribution in [2.75, 3.05) is 40.9 Å². The van der Waals surface area contributed by atoms with E-state index in [0.717, 1.165) is 57.8 Å². The molecule has 3 atom stereocenters. The number of hydrogen-bond acceptors (Lipinski definition) is 5. The Labute approximate surface area is 453 Å². The monoisotopic (exact) mass is 1040 g/mol. The Kier molecular flexibility index (Phi) is 53.2. The molecule has 0 aliphatic heterocycles. The van der Waals surface area contributed by atoms with Crippen LogP contribution in [-0.2, 0) is 18.4 Å². The van der Waals surface area contributed by atoms with Gasteiger partial charge in [-0.2, -0.15) is 0 Å². The quantitative estimate of drug-likeness (QED) is 0.0243. The summed E-state index contributed by atoms with van der Waals surface area (Å²) in [5.41, 5.74) is 0. The fourth-order valence-corrected chi connectivity index (χ4v) is 9.69. The van der Waals surface area contributed by atoms with Gasteiger partial charge in [-0.1, -0.05) is 292 Å². The van der Waals surface area contributed by atoms with Crippen molar-refractivity contribution in [3.05, 3.63) is 72.9 Å². The van der Waals surface area contributed by atoms with E-state index in [2.05, 4.69) is 86.0 Å². The van der Waals surface area contributed by atoms with Crippen molar-refractivity contribution < 1.29 is 32.9 Å². The van der Waals surface area contributed by atoms with E-state index in [4.69, 9.17) is 9.05 Å². The standard InChI is InChI=1S/C64H119N2O6P/c1-6-8-10-12-14-16-18-20-22-24-26-27-28-29-30-31-32-33-34-35-36-37-38-40-41-43-45-47-49-51-53-55-57-63(67)62(61-72-73(69,70)71-60-59-66(3,4)5)65-64(68)58-56-54-52-50-48-46-44-42-39-25-23-21-19-17-15-13-11-9-7-2/h9,11,15,17,21,23,39,42,46,48,52,54,62-63,67H,6-8,10,12-14,16,18-20,22,24-38,40-41,43-45,47,49-51,53,55-61H2,1-5H3,(H-,65,68,69,70)/p+1/b11-9-,17-15-,23-21-,42-39-,48-46-,54-52-. The van der Waals surface area contributed by atoms with Gasteiger partial charge in [-0.25, -0.2) is 4.57 Å². The Balaban J connectivity index is 4.12. The fourth-order valence-electron chi connectivity index (χ4n) is 8.95. The number of carbonyl (C=O) groups is 1. The van der Waals surface area contributed by atoms with E-state index in [-0.39, 0.29) is 25.5 Å². The molecule has 0 fully saturated rings. The van der Waals surface area contributed by atoms with Crippen LogP contribution < -0.4 is 5.32 Å². The van der Waals surface area contributed by atoms with Crippen LogP contribution in [0.5, 0.6) is 0 Å². The van der Waals surface area contributed by atoms with Gasteiger partial charge in [-0.15, -0.1) is 0 Å². The highest BCUT2D eigenvalue weighted by Crippen LogP contribution is 2.43. The van der Waals surface area contributed by atoms with Crippen molar-refractivity contribution in [3.8, 4) is 0 Å². The van der Waals surface area contributed by atoms with Crippen LogP contribution in [0.3, 0.4) is 0 Å². The lowest BCUT2D eigenvalue weighted by Crippen LogP contribution is -2.46. The summed E-state index contributed by atoms with van der Waals surface area (Å²) >= 11 is 0. The minimum absolute atomic E-state index is 0.0580. The van der Waals surface area contributed by atoms with Crippen LogP contribution in [0.15, 0.2) is 72.9 Å². The maximum absolute atomic E-state index is 13.0. The molecule has 0 aliphatic rings. The lowest BCUT2D eigenvalue weighted by atomic mass is 10.0. The molecule has 0 saturated heterocycles.